The van der Waals surface area contributed by atoms with Crippen LogP contribution < -0.4 is 10.7 Å². The monoisotopic (exact) mass is 285 g/mol. The molecule has 2 amide bonds. The Kier molecular flexibility index (Phi) is 4.94. The van der Waals surface area contributed by atoms with Gasteiger partial charge in [0.2, 0.25) is 5.91 Å². The van der Waals surface area contributed by atoms with Crippen LogP contribution >= 0.6 is 0 Å². The van der Waals surface area contributed by atoms with E-state index in [2.05, 4.69) is 21.8 Å². The molecular formula is C15H15N3O3. The van der Waals surface area contributed by atoms with Crippen LogP contribution in [0.3, 0.4) is 0 Å². The summed E-state index contributed by atoms with van der Waals surface area (Å²) in [7, 11) is 0. The highest BCUT2D eigenvalue weighted by molar-refractivity contribution is 6.04. The molecule has 0 radical (unpaired) electrons. The largest absolute Gasteiger partial charge is 0.448 e. The summed E-state index contributed by atoms with van der Waals surface area (Å²) in [5, 5.41) is 6.61. The summed E-state index contributed by atoms with van der Waals surface area (Å²) in [5.41, 5.74) is 4.79. The molecule has 6 heteroatoms. The number of hydrogen-bond donors (Lipinski definition) is 2. The molecule has 1 aliphatic heterocycles. The highest BCUT2D eigenvalue weighted by Crippen LogP contribution is 2.14. The number of rotatable bonds is 4. The maximum absolute atomic E-state index is 11.4. The van der Waals surface area contributed by atoms with Crippen LogP contribution in [0.25, 0.3) is 0 Å². The average molecular weight is 285 g/mol. The Hall–Kier alpha value is -2.81. The zero-order valence-corrected chi connectivity index (χ0v) is 11.4. The molecule has 0 saturated carbocycles. The lowest BCUT2D eigenvalue weighted by Crippen LogP contribution is -2.25. The molecule has 0 saturated heterocycles. The van der Waals surface area contributed by atoms with Crippen molar-refractivity contribution in [3.63, 3.8) is 0 Å². The molecule has 1 heterocycles. The van der Waals surface area contributed by atoms with E-state index >= 15 is 0 Å². The summed E-state index contributed by atoms with van der Waals surface area (Å²) in [4.78, 5) is 22.5. The van der Waals surface area contributed by atoms with Gasteiger partial charge in [-0.15, -0.1) is 12.3 Å². The molecule has 1 aromatic rings. The van der Waals surface area contributed by atoms with Crippen molar-refractivity contribution >= 4 is 23.4 Å². The molecule has 0 aliphatic carbocycles. The highest BCUT2D eigenvalue weighted by Gasteiger charge is 2.13. The van der Waals surface area contributed by atoms with Gasteiger partial charge >= 0.3 is 6.09 Å². The summed E-state index contributed by atoms with van der Waals surface area (Å²) in [6.45, 7) is 0.191. The van der Waals surface area contributed by atoms with Gasteiger partial charge in [0.25, 0.3) is 0 Å². The number of benzene rings is 1. The molecule has 0 unspecified atom stereocenters. The fourth-order valence-electron chi connectivity index (χ4n) is 1.78. The van der Waals surface area contributed by atoms with E-state index in [0.29, 0.717) is 24.9 Å². The zero-order chi connectivity index (χ0) is 15.1. The third kappa shape index (κ3) is 4.35. The number of hydrazone groups is 1. The van der Waals surface area contributed by atoms with Crippen molar-refractivity contribution in [1.82, 2.24) is 5.43 Å². The lowest BCUT2D eigenvalue weighted by Gasteiger charge is -2.12. The quantitative estimate of drug-likeness (QED) is 0.654. The maximum Gasteiger partial charge on any atom is 0.411 e. The standard InChI is InChI=1S/C15H15N3O3/c1-2-3-10-21-15(20)16-12-6-4-11(5-7-12)13-8-9-14(19)18-17-13/h1,4-7H,3,8-10H2,(H,16,20)(H,18,19). The minimum atomic E-state index is -0.541. The van der Waals surface area contributed by atoms with Crippen LogP contribution in [-0.4, -0.2) is 24.3 Å². The molecule has 0 fully saturated rings. The Morgan fingerprint density at radius 1 is 1.38 bits per heavy atom. The van der Waals surface area contributed by atoms with Crippen LogP contribution in [0, 0.1) is 12.3 Å². The van der Waals surface area contributed by atoms with E-state index in [-0.39, 0.29) is 12.5 Å². The topological polar surface area (TPSA) is 79.8 Å². The minimum absolute atomic E-state index is 0.0771. The van der Waals surface area contributed by atoms with E-state index in [1.54, 1.807) is 12.1 Å². The van der Waals surface area contributed by atoms with Gasteiger partial charge in [-0.05, 0) is 17.7 Å². The smallest absolute Gasteiger partial charge is 0.411 e. The molecular weight excluding hydrogens is 270 g/mol. The maximum atomic E-state index is 11.4. The summed E-state index contributed by atoms with van der Waals surface area (Å²) < 4.78 is 4.88. The number of carbonyl (C=O) groups is 2. The van der Waals surface area contributed by atoms with E-state index in [9.17, 15) is 9.59 Å². The Morgan fingerprint density at radius 2 is 2.14 bits per heavy atom. The molecule has 6 nitrogen and oxygen atoms in total. The second-order valence-electron chi connectivity index (χ2n) is 4.39. The number of hydrogen-bond acceptors (Lipinski definition) is 4. The van der Waals surface area contributed by atoms with Gasteiger partial charge in [-0.1, -0.05) is 12.1 Å². The first-order valence-electron chi connectivity index (χ1n) is 6.52. The van der Waals surface area contributed by atoms with Crippen LogP contribution in [0.15, 0.2) is 29.4 Å². The van der Waals surface area contributed by atoms with Gasteiger partial charge in [-0.2, -0.15) is 5.10 Å². The number of nitrogens with zero attached hydrogens (tertiary/aromatic N) is 1. The van der Waals surface area contributed by atoms with Gasteiger partial charge < -0.3 is 4.74 Å². The second kappa shape index (κ2) is 7.10. The minimum Gasteiger partial charge on any atom is -0.448 e. The lowest BCUT2D eigenvalue weighted by atomic mass is 10.0. The van der Waals surface area contributed by atoms with Gasteiger partial charge in [0.15, 0.2) is 0 Å². The van der Waals surface area contributed by atoms with Crippen LogP contribution in [0.1, 0.15) is 24.8 Å². The molecule has 2 rings (SSSR count). The Labute approximate surface area is 122 Å². The van der Waals surface area contributed by atoms with Gasteiger partial charge in [-0.3, -0.25) is 10.1 Å². The predicted molar refractivity (Wildman–Crippen MR) is 78.8 cm³/mol. The van der Waals surface area contributed by atoms with Crippen molar-refractivity contribution in [2.24, 2.45) is 5.10 Å². The van der Waals surface area contributed by atoms with Crippen LogP contribution in [-0.2, 0) is 9.53 Å². The van der Waals surface area contributed by atoms with Crippen molar-refractivity contribution < 1.29 is 14.3 Å². The average Bonchev–Trinajstić information content (AvgIpc) is 2.49. The molecule has 0 bridgehead atoms. The number of nitrogens with one attached hydrogen (secondary N) is 2. The zero-order valence-electron chi connectivity index (χ0n) is 11.4. The first kappa shape index (κ1) is 14.6. The molecule has 1 aromatic carbocycles. The Morgan fingerprint density at radius 3 is 2.76 bits per heavy atom. The van der Waals surface area contributed by atoms with E-state index in [4.69, 9.17) is 11.2 Å². The fraction of sp³-hybridized carbons (Fsp3) is 0.267. The summed E-state index contributed by atoms with van der Waals surface area (Å²) >= 11 is 0. The van der Waals surface area contributed by atoms with Gasteiger partial charge in [0, 0.05) is 24.9 Å². The normalized spacial score (nSPS) is 13.7. The van der Waals surface area contributed by atoms with Crippen molar-refractivity contribution in [1.29, 1.82) is 0 Å². The molecule has 2 N–H and O–H groups in total. The molecule has 1 aliphatic rings. The van der Waals surface area contributed by atoms with Crippen LogP contribution in [0.2, 0.25) is 0 Å². The van der Waals surface area contributed by atoms with Gasteiger partial charge in [-0.25, -0.2) is 10.2 Å². The number of carbonyl (C=O) groups excluding carboxylic acids is 2. The number of ether oxygens (including phenoxy) is 1. The van der Waals surface area contributed by atoms with E-state index < -0.39 is 6.09 Å². The van der Waals surface area contributed by atoms with Gasteiger partial charge in [0.05, 0.1) is 5.71 Å². The van der Waals surface area contributed by atoms with Crippen molar-refractivity contribution in [3.05, 3.63) is 29.8 Å². The van der Waals surface area contributed by atoms with E-state index in [0.717, 1.165) is 11.3 Å². The van der Waals surface area contributed by atoms with Crippen molar-refractivity contribution in [2.45, 2.75) is 19.3 Å². The first-order chi connectivity index (χ1) is 10.2. The third-order valence-corrected chi connectivity index (χ3v) is 2.85. The third-order valence-electron chi connectivity index (χ3n) is 2.85. The predicted octanol–water partition coefficient (Wildman–Crippen LogP) is 1.87. The Balaban J connectivity index is 1.92. The summed E-state index contributed by atoms with van der Waals surface area (Å²) in [6.07, 6.45) is 5.94. The van der Waals surface area contributed by atoms with E-state index in [1.807, 2.05) is 12.1 Å². The summed E-state index contributed by atoms with van der Waals surface area (Å²) in [6, 6.07) is 7.15. The highest BCUT2D eigenvalue weighted by atomic mass is 16.5. The van der Waals surface area contributed by atoms with Gasteiger partial charge in [0.1, 0.15) is 6.61 Å². The van der Waals surface area contributed by atoms with Crippen molar-refractivity contribution in [2.75, 3.05) is 11.9 Å². The van der Waals surface area contributed by atoms with Crippen LogP contribution in [0.5, 0.6) is 0 Å². The lowest BCUT2D eigenvalue weighted by molar-refractivity contribution is -0.121. The van der Waals surface area contributed by atoms with Crippen LogP contribution in [0.4, 0.5) is 10.5 Å². The molecule has 108 valence electrons. The second-order valence-corrected chi connectivity index (χ2v) is 4.39. The number of amides is 2. The van der Waals surface area contributed by atoms with Crippen molar-refractivity contribution in [3.8, 4) is 12.3 Å². The fourth-order valence-corrected chi connectivity index (χ4v) is 1.78. The molecule has 0 atom stereocenters. The number of anilines is 1. The van der Waals surface area contributed by atoms with E-state index in [1.165, 1.54) is 0 Å². The SMILES string of the molecule is C#CCCOC(=O)Nc1ccc(C2=NNC(=O)CC2)cc1. The number of terminal acetylenes is 1. The molecule has 0 aromatic heterocycles. The summed E-state index contributed by atoms with van der Waals surface area (Å²) in [5.74, 6) is 2.31. The Bertz CT molecular complexity index is 600. The molecule has 21 heavy (non-hydrogen) atoms. The molecule has 0 spiro atoms. The first-order valence-corrected chi connectivity index (χ1v) is 6.52.